The second-order valence-electron chi connectivity index (χ2n) is 5.14. The van der Waals surface area contributed by atoms with Crippen molar-refractivity contribution in [3.8, 4) is 5.75 Å². The van der Waals surface area contributed by atoms with Gasteiger partial charge in [0.15, 0.2) is 6.61 Å². The zero-order valence-electron chi connectivity index (χ0n) is 13.6. The Bertz CT molecular complexity index is 766. The number of methoxy groups -OCH3 is 1. The highest BCUT2D eigenvalue weighted by Gasteiger charge is 2.11. The Balaban J connectivity index is 1.78. The van der Waals surface area contributed by atoms with Gasteiger partial charge in [0.2, 0.25) is 0 Å². The van der Waals surface area contributed by atoms with E-state index in [0.29, 0.717) is 12.2 Å². The predicted octanol–water partition coefficient (Wildman–Crippen LogP) is 3.60. The lowest BCUT2D eigenvalue weighted by atomic mass is 10.1. The smallest absolute Gasteiger partial charge is 0.306 e. The van der Waals surface area contributed by atoms with Gasteiger partial charge in [0.25, 0.3) is 5.91 Å². The summed E-state index contributed by atoms with van der Waals surface area (Å²) in [7, 11) is 1.56. The maximum absolute atomic E-state index is 12.9. The number of benzene rings is 2. The van der Waals surface area contributed by atoms with Crippen LogP contribution in [-0.4, -0.2) is 25.6 Å². The molecule has 0 atom stereocenters. The molecule has 0 saturated carbocycles. The van der Waals surface area contributed by atoms with Crippen LogP contribution in [0, 0.1) is 5.82 Å². The zero-order chi connectivity index (χ0) is 18.2. The molecule has 2 aromatic rings. The molecule has 0 aliphatic carbocycles. The molecule has 0 radical (unpaired) electrons. The Morgan fingerprint density at radius 2 is 1.96 bits per heavy atom. The quantitative estimate of drug-likeness (QED) is 0.761. The SMILES string of the molecule is COc1ccccc1CCC(=O)OCC(=O)Nc1ccc(F)cc1Cl. The average molecular weight is 366 g/mol. The molecule has 1 N–H and O–H groups in total. The first-order valence-electron chi connectivity index (χ1n) is 7.52. The van der Waals surface area contributed by atoms with Gasteiger partial charge in [-0.15, -0.1) is 0 Å². The van der Waals surface area contributed by atoms with Crippen LogP contribution in [0.1, 0.15) is 12.0 Å². The van der Waals surface area contributed by atoms with E-state index in [0.717, 1.165) is 11.6 Å². The van der Waals surface area contributed by atoms with Crippen molar-refractivity contribution in [3.63, 3.8) is 0 Å². The van der Waals surface area contributed by atoms with E-state index in [1.54, 1.807) is 13.2 Å². The largest absolute Gasteiger partial charge is 0.496 e. The monoisotopic (exact) mass is 365 g/mol. The highest BCUT2D eigenvalue weighted by molar-refractivity contribution is 6.33. The van der Waals surface area contributed by atoms with Gasteiger partial charge in [0.05, 0.1) is 17.8 Å². The zero-order valence-corrected chi connectivity index (χ0v) is 14.3. The fourth-order valence-corrected chi connectivity index (χ4v) is 2.36. The number of hydrogen-bond donors (Lipinski definition) is 1. The molecule has 0 heterocycles. The third-order valence-electron chi connectivity index (χ3n) is 3.36. The maximum Gasteiger partial charge on any atom is 0.306 e. The molecule has 0 unspecified atom stereocenters. The highest BCUT2D eigenvalue weighted by atomic mass is 35.5. The number of amides is 1. The predicted molar refractivity (Wildman–Crippen MR) is 92.3 cm³/mol. The minimum absolute atomic E-state index is 0.0656. The van der Waals surface area contributed by atoms with Gasteiger partial charge in [0, 0.05) is 6.42 Å². The van der Waals surface area contributed by atoms with E-state index in [1.165, 1.54) is 12.1 Å². The maximum atomic E-state index is 12.9. The fraction of sp³-hybridized carbons (Fsp3) is 0.222. The van der Waals surface area contributed by atoms with Gasteiger partial charge in [0.1, 0.15) is 11.6 Å². The lowest BCUT2D eigenvalue weighted by molar-refractivity contribution is -0.147. The second kappa shape index (κ2) is 9.03. The average Bonchev–Trinajstić information content (AvgIpc) is 2.60. The summed E-state index contributed by atoms with van der Waals surface area (Å²) in [5.41, 5.74) is 1.13. The lowest BCUT2D eigenvalue weighted by Gasteiger charge is -2.09. The van der Waals surface area contributed by atoms with Crippen molar-refractivity contribution < 1.29 is 23.5 Å². The van der Waals surface area contributed by atoms with Crippen molar-refractivity contribution in [2.75, 3.05) is 19.0 Å². The van der Waals surface area contributed by atoms with Crippen LogP contribution in [0.15, 0.2) is 42.5 Å². The lowest BCUT2D eigenvalue weighted by Crippen LogP contribution is -2.21. The molecule has 7 heteroatoms. The molecule has 0 aromatic heterocycles. The molecule has 25 heavy (non-hydrogen) atoms. The summed E-state index contributed by atoms with van der Waals surface area (Å²) in [6.45, 7) is -0.446. The summed E-state index contributed by atoms with van der Waals surface area (Å²) in [6, 6.07) is 10.9. The Morgan fingerprint density at radius 1 is 1.20 bits per heavy atom. The number of halogens is 2. The van der Waals surface area contributed by atoms with Crippen LogP contribution in [0.3, 0.4) is 0 Å². The first-order chi connectivity index (χ1) is 12.0. The molecular weight excluding hydrogens is 349 g/mol. The number of aryl methyl sites for hydroxylation is 1. The number of rotatable bonds is 7. The van der Waals surface area contributed by atoms with Crippen LogP contribution in [0.4, 0.5) is 10.1 Å². The van der Waals surface area contributed by atoms with Gasteiger partial charge in [-0.3, -0.25) is 9.59 Å². The van der Waals surface area contributed by atoms with Crippen molar-refractivity contribution in [3.05, 3.63) is 58.9 Å². The molecule has 0 aliphatic heterocycles. The first kappa shape index (κ1) is 18.7. The minimum atomic E-state index is -0.556. The molecule has 132 valence electrons. The van der Waals surface area contributed by atoms with E-state index in [-0.39, 0.29) is 17.1 Å². The van der Waals surface area contributed by atoms with E-state index in [1.807, 2.05) is 18.2 Å². The highest BCUT2D eigenvalue weighted by Crippen LogP contribution is 2.22. The summed E-state index contributed by atoms with van der Waals surface area (Å²) in [4.78, 5) is 23.5. The van der Waals surface area contributed by atoms with Crippen LogP contribution in [-0.2, 0) is 20.7 Å². The van der Waals surface area contributed by atoms with Crippen LogP contribution in [0.5, 0.6) is 5.75 Å². The molecule has 0 aliphatic rings. The fourth-order valence-electron chi connectivity index (χ4n) is 2.14. The third kappa shape index (κ3) is 5.76. The molecule has 0 saturated heterocycles. The normalized spacial score (nSPS) is 10.2. The Kier molecular flexibility index (Phi) is 6.77. The molecule has 0 bridgehead atoms. The topological polar surface area (TPSA) is 64.6 Å². The van der Waals surface area contributed by atoms with Gasteiger partial charge in [-0.05, 0) is 36.2 Å². The molecular formula is C18H17ClFNO4. The van der Waals surface area contributed by atoms with Crippen LogP contribution in [0.2, 0.25) is 5.02 Å². The van der Waals surface area contributed by atoms with E-state index in [2.05, 4.69) is 5.32 Å². The molecule has 2 rings (SSSR count). The number of esters is 1. The number of hydrogen-bond acceptors (Lipinski definition) is 4. The first-order valence-corrected chi connectivity index (χ1v) is 7.90. The number of para-hydroxylation sites is 1. The van der Waals surface area contributed by atoms with Gasteiger partial charge < -0.3 is 14.8 Å². The van der Waals surface area contributed by atoms with E-state index >= 15 is 0 Å². The van der Waals surface area contributed by atoms with Crippen molar-refractivity contribution >= 4 is 29.2 Å². The van der Waals surface area contributed by atoms with Gasteiger partial charge in [-0.1, -0.05) is 29.8 Å². The van der Waals surface area contributed by atoms with Gasteiger partial charge >= 0.3 is 5.97 Å². The summed E-state index contributed by atoms with van der Waals surface area (Å²) in [5.74, 6) is -0.879. The molecule has 5 nitrogen and oxygen atoms in total. The van der Waals surface area contributed by atoms with Crippen LogP contribution < -0.4 is 10.1 Å². The van der Waals surface area contributed by atoms with Crippen LogP contribution >= 0.6 is 11.6 Å². The number of anilines is 1. The number of carbonyl (C=O) groups excluding carboxylic acids is 2. The van der Waals surface area contributed by atoms with E-state index < -0.39 is 24.3 Å². The van der Waals surface area contributed by atoms with Crippen molar-refractivity contribution in [2.45, 2.75) is 12.8 Å². The van der Waals surface area contributed by atoms with Crippen LogP contribution in [0.25, 0.3) is 0 Å². The van der Waals surface area contributed by atoms with Gasteiger partial charge in [-0.25, -0.2) is 4.39 Å². The Labute approximate surface area is 149 Å². The standard InChI is InChI=1S/C18H17ClFNO4/c1-24-16-5-3-2-4-12(16)6-9-18(23)25-11-17(22)21-15-8-7-13(20)10-14(15)19/h2-5,7-8,10H,6,9,11H2,1H3,(H,21,22). The van der Waals surface area contributed by atoms with E-state index in [4.69, 9.17) is 21.1 Å². The molecule has 2 aromatic carbocycles. The molecule has 0 spiro atoms. The van der Waals surface area contributed by atoms with E-state index in [9.17, 15) is 14.0 Å². The summed E-state index contributed by atoms with van der Waals surface area (Å²) in [6.07, 6.45) is 0.555. The number of carbonyl (C=O) groups is 2. The van der Waals surface area contributed by atoms with Crippen molar-refractivity contribution in [1.82, 2.24) is 0 Å². The Morgan fingerprint density at radius 3 is 2.68 bits per heavy atom. The molecule has 1 amide bonds. The summed E-state index contributed by atoms with van der Waals surface area (Å²) >= 11 is 5.81. The summed E-state index contributed by atoms with van der Waals surface area (Å²) in [5, 5.41) is 2.52. The number of nitrogens with one attached hydrogen (secondary N) is 1. The Hall–Kier alpha value is -2.60. The number of ether oxygens (including phenoxy) is 2. The minimum Gasteiger partial charge on any atom is -0.496 e. The third-order valence-corrected chi connectivity index (χ3v) is 3.67. The van der Waals surface area contributed by atoms with Gasteiger partial charge in [-0.2, -0.15) is 0 Å². The second-order valence-corrected chi connectivity index (χ2v) is 5.55. The molecule has 0 fully saturated rings. The summed E-state index contributed by atoms with van der Waals surface area (Å²) < 4.78 is 23.1. The van der Waals surface area contributed by atoms with Crippen molar-refractivity contribution in [2.24, 2.45) is 0 Å². The van der Waals surface area contributed by atoms with Crippen molar-refractivity contribution in [1.29, 1.82) is 0 Å².